The fourth-order valence-electron chi connectivity index (χ4n) is 1.29. The number of H-pyrrole nitrogens is 1. The fraction of sp³-hybridized carbons (Fsp3) is 0.500. The van der Waals surface area contributed by atoms with E-state index in [2.05, 4.69) is 5.10 Å². The molecule has 0 radical (unpaired) electrons. The Labute approximate surface area is 52.3 Å². The lowest BCUT2D eigenvalue weighted by atomic mass is 10.3. The maximum absolute atomic E-state index is 10.6. The molecule has 2 heterocycles. The predicted octanol–water partition coefficient (Wildman–Crippen LogP) is 0.123. The second-order valence-corrected chi connectivity index (χ2v) is 2.37. The lowest BCUT2D eigenvalue weighted by Gasteiger charge is -1.90. The lowest BCUT2D eigenvalue weighted by molar-refractivity contribution is 0.649. The lowest BCUT2D eigenvalue weighted by Crippen LogP contribution is -2.02. The maximum Gasteiger partial charge on any atom is 0.264 e. The predicted molar refractivity (Wildman–Crippen MR) is 33.4 cm³/mol. The average Bonchev–Trinajstić information content (AvgIpc) is 2.22. The van der Waals surface area contributed by atoms with Gasteiger partial charge in [-0.3, -0.25) is 14.6 Å². The summed E-state index contributed by atoms with van der Waals surface area (Å²) in [6.07, 6.45) is 2.23. The smallest absolute Gasteiger partial charge is 0.264 e. The maximum atomic E-state index is 10.6. The van der Waals surface area contributed by atoms with Crippen LogP contribution in [0.2, 0.25) is 0 Å². The molecule has 0 saturated heterocycles. The van der Waals surface area contributed by atoms with E-state index >= 15 is 0 Å². The van der Waals surface area contributed by atoms with Crippen molar-refractivity contribution in [3.63, 3.8) is 0 Å². The molecular formula is C6H8N2O. The molecule has 0 atom stereocenters. The van der Waals surface area contributed by atoms with Crippen molar-refractivity contribution < 1.29 is 0 Å². The number of nitrogens with one attached hydrogen (secondary N) is 1. The zero-order chi connectivity index (χ0) is 6.27. The highest BCUT2D eigenvalue weighted by molar-refractivity contribution is 5.03. The molecule has 0 aromatic carbocycles. The molecule has 3 heteroatoms. The van der Waals surface area contributed by atoms with Crippen molar-refractivity contribution in [3.05, 3.63) is 22.1 Å². The van der Waals surface area contributed by atoms with Gasteiger partial charge in [0.25, 0.3) is 5.56 Å². The van der Waals surface area contributed by atoms with E-state index < -0.39 is 0 Å². The third-order valence-electron chi connectivity index (χ3n) is 1.70. The van der Waals surface area contributed by atoms with Crippen LogP contribution in [0.25, 0.3) is 0 Å². The molecule has 3 nitrogen and oxygen atoms in total. The second-order valence-electron chi connectivity index (χ2n) is 2.37. The van der Waals surface area contributed by atoms with Gasteiger partial charge in [0, 0.05) is 18.3 Å². The summed E-state index contributed by atoms with van der Waals surface area (Å²) >= 11 is 0. The van der Waals surface area contributed by atoms with E-state index in [1.807, 2.05) is 4.68 Å². The number of aromatic nitrogens is 2. The van der Waals surface area contributed by atoms with Gasteiger partial charge in [-0.15, -0.1) is 0 Å². The normalized spacial score (nSPS) is 16.0. The molecule has 0 aliphatic carbocycles. The molecule has 1 aromatic heterocycles. The molecule has 0 spiro atoms. The summed E-state index contributed by atoms with van der Waals surface area (Å²) in [5, 5.41) is 2.72. The van der Waals surface area contributed by atoms with Gasteiger partial charge in [-0.2, -0.15) is 0 Å². The summed E-state index contributed by atoms with van der Waals surface area (Å²) in [5.41, 5.74) is 1.18. The van der Waals surface area contributed by atoms with E-state index in [1.54, 1.807) is 6.07 Å². The van der Waals surface area contributed by atoms with E-state index in [4.69, 9.17) is 0 Å². The minimum atomic E-state index is 0.0321. The van der Waals surface area contributed by atoms with Gasteiger partial charge >= 0.3 is 0 Å². The Morgan fingerprint density at radius 2 is 2.56 bits per heavy atom. The Balaban J connectivity index is 2.64. The molecule has 0 unspecified atom stereocenters. The van der Waals surface area contributed by atoms with Crippen LogP contribution in [0.15, 0.2) is 10.9 Å². The third-order valence-corrected chi connectivity index (χ3v) is 1.70. The Kier molecular flexibility index (Phi) is 0.806. The van der Waals surface area contributed by atoms with Crippen molar-refractivity contribution in [3.8, 4) is 0 Å². The van der Waals surface area contributed by atoms with E-state index in [9.17, 15) is 4.79 Å². The van der Waals surface area contributed by atoms with E-state index in [0.29, 0.717) is 0 Å². The van der Waals surface area contributed by atoms with Gasteiger partial charge in [0.2, 0.25) is 0 Å². The van der Waals surface area contributed by atoms with Crippen LogP contribution in [0.5, 0.6) is 0 Å². The molecule has 1 aliphatic heterocycles. The van der Waals surface area contributed by atoms with Gasteiger partial charge < -0.3 is 0 Å². The zero-order valence-corrected chi connectivity index (χ0v) is 5.05. The number of hydrogen-bond acceptors (Lipinski definition) is 1. The van der Waals surface area contributed by atoms with Crippen LogP contribution < -0.4 is 5.56 Å². The summed E-state index contributed by atoms with van der Waals surface area (Å²) in [7, 11) is 0. The van der Waals surface area contributed by atoms with Gasteiger partial charge in [-0.1, -0.05) is 0 Å². The van der Waals surface area contributed by atoms with Crippen LogP contribution in [-0.2, 0) is 13.0 Å². The fourth-order valence-corrected chi connectivity index (χ4v) is 1.29. The molecule has 0 amide bonds. The van der Waals surface area contributed by atoms with Crippen LogP contribution in [0.4, 0.5) is 0 Å². The van der Waals surface area contributed by atoms with E-state index in [0.717, 1.165) is 18.7 Å². The summed E-state index contributed by atoms with van der Waals surface area (Å²) < 4.78 is 1.92. The molecule has 48 valence electrons. The second kappa shape index (κ2) is 1.50. The number of rotatable bonds is 0. The van der Waals surface area contributed by atoms with Gasteiger partial charge in [0.1, 0.15) is 0 Å². The Hall–Kier alpha value is -0.990. The van der Waals surface area contributed by atoms with Crippen LogP contribution in [0.1, 0.15) is 12.1 Å². The molecule has 0 fully saturated rings. The first-order chi connectivity index (χ1) is 4.36. The van der Waals surface area contributed by atoms with Crippen molar-refractivity contribution in [2.75, 3.05) is 0 Å². The van der Waals surface area contributed by atoms with Gasteiger partial charge in [-0.25, -0.2) is 0 Å². The van der Waals surface area contributed by atoms with Crippen LogP contribution in [0.3, 0.4) is 0 Å². The van der Waals surface area contributed by atoms with Gasteiger partial charge in [0.15, 0.2) is 0 Å². The topological polar surface area (TPSA) is 37.8 Å². The summed E-state index contributed by atoms with van der Waals surface area (Å²) in [4.78, 5) is 10.6. The van der Waals surface area contributed by atoms with Crippen LogP contribution in [0, 0.1) is 0 Å². The van der Waals surface area contributed by atoms with E-state index in [-0.39, 0.29) is 5.56 Å². The Bertz CT molecular complexity index is 246. The molecule has 1 aliphatic rings. The highest BCUT2D eigenvalue weighted by atomic mass is 16.1. The molecule has 1 aromatic rings. The van der Waals surface area contributed by atoms with Crippen molar-refractivity contribution in [2.45, 2.75) is 19.4 Å². The number of fused-ring (bicyclic) bond motifs is 1. The molecular weight excluding hydrogens is 116 g/mol. The largest absolute Gasteiger partial charge is 0.289 e. The Morgan fingerprint density at radius 3 is 3.33 bits per heavy atom. The molecule has 0 saturated carbocycles. The monoisotopic (exact) mass is 124 g/mol. The highest BCUT2D eigenvalue weighted by Crippen LogP contribution is 2.08. The summed E-state index contributed by atoms with van der Waals surface area (Å²) in [6, 6.07) is 1.67. The zero-order valence-electron chi connectivity index (χ0n) is 5.05. The van der Waals surface area contributed by atoms with Crippen molar-refractivity contribution >= 4 is 0 Å². The van der Waals surface area contributed by atoms with Crippen molar-refractivity contribution in [1.29, 1.82) is 0 Å². The average molecular weight is 124 g/mol. The van der Waals surface area contributed by atoms with Crippen LogP contribution >= 0.6 is 0 Å². The standard InChI is InChI=1S/C6H8N2O/c9-6-4-5-2-1-3-8(5)7-6/h4H,1-3H2,(H,7,9). The molecule has 2 rings (SSSR count). The molecule has 9 heavy (non-hydrogen) atoms. The summed E-state index contributed by atoms with van der Waals surface area (Å²) in [6.45, 7) is 0.984. The molecule has 1 N–H and O–H groups in total. The number of nitrogens with zero attached hydrogens (tertiary/aromatic N) is 1. The third kappa shape index (κ3) is 0.608. The van der Waals surface area contributed by atoms with Crippen molar-refractivity contribution in [1.82, 2.24) is 9.78 Å². The Morgan fingerprint density at radius 1 is 1.67 bits per heavy atom. The van der Waals surface area contributed by atoms with Gasteiger partial charge in [-0.05, 0) is 12.8 Å². The quantitative estimate of drug-likeness (QED) is 0.524. The first kappa shape index (κ1) is 4.85. The highest BCUT2D eigenvalue weighted by Gasteiger charge is 2.09. The van der Waals surface area contributed by atoms with Gasteiger partial charge in [0.05, 0.1) is 0 Å². The molecule has 0 bridgehead atoms. The number of aryl methyl sites for hydroxylation is 2. The number of aromatic amines is 1. The minimum Gasteiger partial charge on any atom is -0.289 e. The van der Waals surface area contributed by atoms with E-state index in [1.165, 1.54) is 6.42 Å². The number of hydrogen-bond donors (Lipinski definition) is 1. The van der Waals surface area contributed by atoms with Crippen molar-refractivity contribution in [2.24, 2.45) is 0 Å². The van der Waals surface area contributed by atoms with Crippen LogP contribution in [-0.4, -0.2) is 9.78 Å². The SMILES string of the molecule is O=c1cc2n([nH]1)CCC2. The first-order valence-corrected chi connectivity index (χ1v) is 3.15. The first-order valence-electron chi connectivity index (χ1n) is 3.15. The summed E-state index contributed by atoms with van der Waals surface area (Å²) in [5.74, 6) is 0. The minimum absolute atomic E-state index is 0.0321.